The predicted molar refractivity (Wildman–Crippen MR) is 67.6 cm³/mol. The first kappa shape index (κ1) is 12.2. The van der Waals surface area contributed by atoms with Crippen molar-refractivity contribution in [3.63, 3.8) is 0 Å². The van der Waals surface area contributed by atoms with Gasteiger partial charge >= 0.3 is 0 Å². The molecule has 6 heteroatoms. The van der Waals surface area contributed by atoms with Crippen molar-refractivity contribution in [1.29, 1.82) is 0 Å². The molecule has 2 rings (SSSR count). The topological polar surface area (TPSA) is 52.1 Å². The molecule has 0 aliphatic heterocycles. The number of hydrogen-bond donors (Lipinski definition) is 1. The Morgan fingerprint density at radius 3 is 3.12 bits per heavy atom. The van der Waals surface area contributed by atoms with E-state index in [2.05, 4.69) is 9.97 Å². The summed E-state index contributed by atoms with van der Waals surface area (Å²) < 4.78 is 12.9. The standard InChI is InChI=1S/C11H15N3O2S/c1-15-7-8-16-6-5-14-10-9(13-11(14)17)3-2-4-12-10/h2-4H,5-8H2,1H3,(H,13,17). The fraction of sp³-hybridized carbons (Fsp3) is 0.455. The fourth-order valence-electron chi connectivity index (χ4n) is 1.60. The van der Waals surface area contributed by atoms with Crippen molar-refractivity contribution in [3.05, 3.63) is 23.1 Å². The van der Waals surface area contributed by atoms with Gasteiger partial charge in [0.15, 0.2) is 10.4 Å². The van der Waals surface area contributed by atoms with Gasteiger partial charge in [-0.15, -0.1) is 0 Å². The predicted octanol–water partition coefficient (Wildman–Crippen LogP) is 1.76. The van der Waals surface area contributed by atoms with Crippen LogP contribution in [0, 0.1) is 4.77 Å². The second-order valence-electron chi connectivity index (χ2n) is 3.56. The smallest absolute Gasteiger partial charge is 0.179 e. The minimum absolute atomic E-state index is 0.597. The zero-order valence-corrected chi connectivity index (χ0v) is 10.5. The molecule has 0 aliphatic rings. The Morgan fingerprint density at radius 1 is 1.41 bits per heavy atom. The lowest BCUT2D eigenvalue weighted by atomic mass is 10.4. The third kappa shape index (κ3) is 2.91. The van der Waals surface area contributed by atoms with Gasteiger partial charge in [0, 0.05) is 13.3 Å². The molecule has 0 amide bonds. The second-order valence-corrected chi connectivity index (χ2v) is 3.95. The van der Waals surface area contributed by atoms with E-state index in [4.69, 9.17) is 21.7 Å². The summed E-state index contributed by atoms with van der Waals surface area (Å²) in [5.41, 5.74) is 1.82. The number of hydrogen-bond acceptors (Lipinski definition) is 4. The first-order chi connectivity index (χ1) is 8.33. The molecule has 0 bridgehead atoms. The van der Waals surface area contributed by atoms with E-state index in [0.717, 1.165) is 11.2 Å². The summed E-state index contributed by atoms with van der Waals surface area (Å²) in [5, 5.41) is 0. The van der Waals surface area contributed by atoms with Crippen LogP contribution in [0.2, 0.25) is 0 Å². The van der Waals surface area contributed by atoms with Gasteiger partial charge in [0.2, 0.25) is 0 Å². The van der Waals surface area contributed by atoms with E-state index in [-0.39, 0.29) is 0 Å². The van der Waals surface area contributed by atoms with Gasteiger partial charge in [-0.1, -0.05) is 0 Å². The monoisotopic (exact) mass is 253 g/mol. The highest BCUT2D eigenvalue weighted by Crippen LogP contribution is 2.10. The Labute approximate surface area is 104 Å². The first-order valence-electron chi connectivity index (χ1n) is 5.43. The molecule has 0 saturated heterocycles. The minimum atomic E-state index is 0.597. The number of fused-ring (bicyclic) bond motifs is 1. The number of ether oxygens (including phenoxy) is 2. The summed E-state index contributed by atoms with van der Waals surface area (Å²) in [6.07, 6.45) is 1.76. The highest BCUT2D eigenvalue weighted by atomic mass is 32.1. The number of imidazole rings is 1. The Balaban J connectivity index is 2.03. The number of methoxy groups -OCH3 is 1. The van der Waals surface area contributed by atoms with Crippen molar-refractivity contribution in [3.8, 4) is 0 Å². The lowest BCUT2D eigenvalue weighted by Crippen LogP contribution is -2.09. The van der Waals surface area contributed by atoms with E-state index in [1.54, 1.807) is 13.3 Å². The molecule has 0 spiro atoms. The van der Waals surface area contributed by atoms with Gasteiger partial charge in [0.25, 0.3) is 0 Å². The number of rotatable bonds is 6. The maximum atomic E-state index is 5.42. The third-order valence-corrected chi connectivity index (χ3v) is 2.74. The van der Waals surface area contributed by atoms with Crippen LogP contribution < -0.4 is 0 Å². The van der Waals surface area contributed by atoms with E-state index >= 15 is 0 Å². The van der Waals surface area contributed by atoms with Crippen molar-refractivity contribution in [2.45, 2.75) is 6.54 Å². The van der Waals surface area contributed by atoms with Crippen LogP contribution in [0.25, 0.3) is 11.2 Å². The zero-order chi connectivity index (χ0) is 12.1. The molecule has 0 aromatic carbocycles. The van der Waals surface area contributed by atoms with Crippen molar-refractivity contribution in [2.75, 3.05) is 26.9 Å². The molecule has 0 saturated carbocycles. The number of H-pyrrole nitrogens is 1. The molecule has 92 valence electrons. The summed E-state index contributed by atoms with van der Waals surface area (Å²) in [7, 11) is 1.66. The lowest BCUT2D eigenvalue weighted by molar-refractivity contribution is 0.0668. The number of aromatic nitrogens is 3. The molecule has 5 nitrogen and oxygen atoms in total. The van der Waals surface area contributed by atoms with Gasteiger partial charge in [-0.05, 0) is 24.4 Å². The molecule has 0 aliphatic carbocycles. The Morgan fingerprint density at radius 2 is 2.29 bits per heavy atom. The molecule has 1 N–H and O–H groups in total. The van der Waals surface area contributed by atoms with E-state index in [9.17, 15) is 0 Å². The van der Waals surface area contributed by atoms with Crippen molar-refractivity contribution < 1.29 is 9.47 Å². The van der Waals surface area contributed by atoms with E-state index < -0.39 is 0 Å². The van der Waals surface area contributed by atoms with Crippen molar-refractivity contribution in [1.82, 2.24) is 14.5 Å². The van der Waals surface area contributed by atoms with Gasteiger partial charge in [0.1, 0.15) is 0 Å². The number of aromatic amines is 1. The van der Waals surface area contributed by atoms with Gasteiger partial charge in [-0.3, -0.25) is 4.57 Å². The lowest BCUT2D eigenvalue weighted by Gasteiger charge is -2.05. The molecule has 0 atom stereocenters. The normalized spacial score (nSPS) is 11.1. The quantitative estimate of drug-likeness (QED) is 0.629. The van der Waals surface area contributed by atoms with Crippen LogP contribution in [0.15, 0.2) is 18.3 Å². The molecule has 2 aromatic rings. The highest BCUT2D eigenvalue weighted by Gasteiger charge is 2.04. The van der Waals surface area contributed by atoms with Crippen molar-refractivity contribution in [2.24, 2.45) is 0 Å². The molecule has 0 fully saturated rings. The SMILES string of the molecule is COCCOCCn1c(=S)[nH]c2cccnc21. The maximum Gasteiger partial charge on any atom is 0.179 e. The van der Waals surface area contributed by atoms with E-state index in [0.29, 0.717) is 31.1 Å². The molecule has 2 aromatic heterocycles. The maximum absolute atomic E-state index is 5.42. The number of nitrogens with one attached hydrogen (secondary N) is 1. The third-order valence-electron chi connectivity index (χ3n) is 2.42. The van der Waals surface area contributed by atoms with Gasteiger partial charge in [-0.2, -0.15) is 0 Å². The van der Waals surface area contributed by atoms with Crippen LogP contribution >= 0.6 is 12.2 Å². The van der Waals surface area contributed by atoms with E-state index in [1.807, 2.05) is 16.7 Å². The average Bonchev–Trinajstić information content (AvgIpc) is 2.65. The van der Waals surface area contributed by atoms with Gasteiger partial charge in [-0.25, -0.2) is 4.98 Å². The number of pyridine rings is 1. The first-order valence-corrected chi connectivity index (χ1v) is 5.84. The summed E-state index contributed by atoms with van der Waals surface area (Å²) in [6, 6.07) is 3.84. The largest absolute Gasteiger partial charge is 0.382 e. The summed E-state index contributed by atoms with van der Waals surface area (Å²) >= 11 is 5.24. The van der Waals surface area contributed by atoms with Crippen LogP contribution in [0.5, 0.6) is 0 Å². The molecule has 17 heavy (non-hydrogen) atoms. The highest BCUT2D eigenvalue weighted by molar-refractivity contribution is 7.71. The van der Waals surface area contributed by atoms with Gasteiger partial charge < -0.3 is 14.5 Å². The van der Waals surface area contributed by atoms with Crippen molar-refractivity contribution >= 4 is 23.4 Å². The molecule has 0 unspecified atom stereocenters. The summed E-state index contributed by atoms with van der Waals surface area (Å²) in [5.74, 6) is 0. The Bertz CT molecular complexity index is 535. The van der Waals surface area contributed by atoms with Gasteiger partial charge in [0.05, 0.1) is 31.9 Å². The van der Waals surface area contributed by atoms with Crippen LogP contribution in [-0.4, -0.2) is 41.5 Å². The fourth-order valence-corrected chi connectivity index (χ4v) is 1.88. The molecule has 0 radical (unpaired) electrons. The van der Waals surface area contributed by atoms with Crippen LogP contribution in [0.1, 0.15) is 0 Å². The van der Waals surface area contributed by atoms with Crippen LogP contribution in [0.3, 0.4) is 0 Å². The minimum Gasteiger partial charge on any atom is -0.382 e. The second kappa shape index (κ2) is 5.90. The summed E-state index contributed by atoms with van der Waals surface area (Å²) in [4.78, 5) is 7.42. The Hall–Kier alpha value is -1.24. The molecule has 2 heterocycles. The molecular weight excluding hydrogens is 238 g/mol. The summed E-state index contributed by atoms with van der Waals surface area (Å²) in [6.45, 7) is 2.50. The average molecular weight is 253 g/mol. The number of nitrogens with zero attached hydrogens (tertiary/aromatic N) is 2. The molecular formula is C11H15N3O2S. The zero-order valence-electron chi connectivity index (χ0n) is 9.68. The Kier molecular flexibility index (Phi) is 4.24. The van der Waals surface area contributed by atoms with Crippen LogP contribution in [0.4, 0.5) is 0 Å². The van der Waals surface area contributed by atoms with E-state index in [1.165, 1.54) is 0 Å². The van der Waals surface area contributed by atoms with Crippen LogP contribution in [-0.2, 0) is 16.0 Å².